The third-order valence-electron chi connectivity index (χ3n) is 3.04. The van der Waals surface area contributed by atoms with E-state index in [1.54, 1.807) is 33.9 Å². The molecule has 2 unspecified atom stereocenters. The van der Waals surface area contributed by atoms with Gasteiger partial charge in [-0.3, -0.25) is 4.72 Å². The summed E-state index contributed by atoms with van der Waals surface area (Å²) in [4.78, 5) is 0. The SMILES string of the molecule is OC1CCNC(CSSNCc2ccc(F)cc2)C1. The molecule has 0 amide bonds. The fourth-order valence-corrected chi connectivity index (χ4v) is 3.90. The monoisotopic (exact) mass is 302 g/mol. The summed E-state index contributed by atoms with van der Waals surface area (Å²) in [7, 11) is 3.34. The van der Waals surface area contributed by atoms with E-state index in [2.05, 4.69) is 10.0 Å². The van der Waals surface area contributed by atoms with Crippen molar-refractivity contribution in [2.75, 3.05) is 12.3 Å². The van der Waals surface area contributed by atoms with Crippen molar-refractivity contribution in [1.82, 2.24) is 10.0 Å². The van der Waals surface area contributed by atoms with E-state index in [4.69, 9.17) is 0 Å². The highest BCUT2D eigenvalue weighted by Crippen LogP contribution is 2.22. The predicted octanol–water partition coefficient (Wildman–Crippen LogP) is 2.32. The van der Waals surface area contributed by atoms with Gasteiger partial charge in [-0.05, 0) is 48.1 Å². The fourth-order valence-electron chi connectivity index (χ4n) is 1.98. The van der Waals surface area contributed by atoms with Crippen molar-refractivity contribution < 1.29 is 9.50 Å². The van der Waals surface area contributed by atoms with Crippen LogP contribution in [-0.2, 0) is 6.54 Å². The van der Waals surface area contributed by atoms with Gasteiger partial charge in [-0.15, -0.1) is 0 Å². The number of nitrogens with one attached hydrogen (secondary N) is 2. The number of benzene rings is 1. The summed E-state index contributed by atoms with van der Waals surface area (Å²) in [5.41, 5.74) is 1.07. The van der Waals surface area contributed by atoms with E-state index in [-0.39, 0.29) is 11.9 Å². The van der Waals surface area contributed by atoms with Crippen LogP contribution in [0.1, 0.15) is 18.4 Å². The number of piperidine rings is 1. The van der Waals surface area contributed by atoms with Crippen molar-refractivity contribution in [3.8, 4) is 0 Å². The minimum absolute atomic E-state index is 0.149. The van der Waals surface area contributed by atoms with E-state index in [0.717, 1.165) is 37.2 Å². The van der Waals surface area contributed by atoms with Crippen LogP contribution < -0.4 is 10.0 Å². The van der Waals surface area contributed by atoms with Gasteiger partial charge in [0.25, 0.3) is 0 Å². The molecule has 3 N–H and O–H groups in total. The largest absolute Gasteiger partial charge is 0.393 e. The Kier molecular flexibility index (Phi) is 6.46. The first-order valence-electron chi connectivity index (χ1n) is 6.41. The van der Waals surface area contributed by atoms with Crippen LogP contribution in [0.15, 0.2) is 24.3 Å². The topological polar surface area (TPSA) is 44.3 Å². The molecule has 0 saturated carbocycles. The number of hydrogen-bond acceptors (Lipinski definition) is 5. The lowest BCUT2D eigenvalue weighted by Crippen LogP contribution is -2.41. The molecule has 1 saturated heterocycles. The first-order chi connectivity index (χ1) is 9.24. The van der Waals surface area contributed by atoms with Crippen molar-refractivity contribution in [1.29, 1.82) is 0 Å². The fraction of sp³-hybridized carbons (Fsp3) is 0.538. The molecule has 1 aliphatic rings. The van der Waals surface area contributed by atoms with Crippen LogP contribution in [0, 0.1) is 5.82 Å². The van der Waals surface area contributed by atoms with Crippen molar-refractivity contribution in [2.45, 2.75) is 31.5 Å². The predicted molar refractivity (Wildman–Crippen MR) is 80.3 cm³/mol. The molecule has 0 radical (unpaired) electrons. The van der Waals surface area contributed by atoms with Crippen molar-refractivity contribution in [3.63, 3.8) is 0 Å². The third-order valence-corrected chi connectivity index (χ3v) is 5.08. The van der Waals surface area contributed by atoms with E-state index >= 15 is 0 Å². The quantitative estimate of drug-likeness (QED) is 0.428. The van der Waals surface area contributed by atoms with Gasteiger partial charge in [-0.25, -0.2) is 4.39 Å². The van der Waals surface area contributed by atoms with Crippen LogP contribution in [0.25, 0.3) is 0 Å². The highest BCUT2D eigenvalue weighted by Gasteiger charge is 2.19. The maximum Gasteiger partial charge on any atom is 0.123 e. The second-order valence-corrected chi connectivity index (χ2v) is 6.88. The summed E-state index contributed by atoms with van der Waals surface area (Å²) in [6, 6.07) is 6.91. The van der Waals surface area contributed by atoms with Gasteiger partial charge in [-0.1, -0.05) is 22.9 Å². The second-order valence-electron chi connectivity index (χ2n) is 4.64. The highest BCUT2D eigenvalue weighted by atomic mass is 33.1. The molecule has 6 heteroatoms. The molecule has 1 aliphatic heterocycles. The van der Waals surface area contributed by atoms with Crippen LogP contribution in [-0.4, -0.2) is 29.5 Å². The number of hydrogen-bond donors (Lipinski definition) is 3. The Morgan fingerprint density at radius 3 is 2.89 bits per heavy atom. The van der Waals surface area contributed by atoms with Gasteiger partial charge in [0.2, 0.25) is 0 Å². The molecule has 0 bridgehead atoms. The number of aliphatic hydroxyl groups is 1. The third kappa shape index (κ3) is 5.71. The van der Waals surface area contributed by atoms with Crippen LogP contribution in [0.3, 0.4) is 0 Å². The lowest BCUT2D eigenvalue weighted by atomic mass is 10.0. The first-order valence-corrected chi connectivity index (χ1v) is 8.73. The molecule has 1 aromatic rings. The van der Waals surface area contributed by atoms with Gasteiger partial charge in [-0.2, -0.15) is 0 Å². The Hall–Kier alpha value is -0.270. The first kappa shape index (κ1) is 15.1. The van der Waals surface area contributed by atoms with E-state index in [9.17, 15) is 9.50 Å². The molecule has 106 valence electrons. The van der Waals surface area contributed by atoms with Crippen LogP contribution in [0.2, 0.25) is 0 Å². The van der Waals surface area contributed by atoms with Crippen LogP contribution in [0.4, 0.5) is 4.39 Å². The number of aliphatic hydroxyl groups excluding tert-OH is 1. The Morgan fingerprint density at radius 1 is 1.37 bits per heavy atom. The summed E-state index contributed by atoms with van der Waals surface area (Å²) in [5.74, 6) is 0.769. The Labute approximate surface area is 121 Å². The zero-order chi connectivity index (χ0) is 13.5. The second kappa shape index (κ2) is 8.11. The summed E-state index contributed by atoms with van der Waals surface area (Å²) < 4.78 is 15.9. The van der Waals surface area contributed by atoms with E-state index in [0.29, 0.717) is 6.04 Å². The maximum absolute atomic E-state index is 12.7. The Bertz CT molecular complexity index is 377. The number of rotatable bonds is 6. The van der Waals surface area contributed by atoms with Gasteiger partial charge in [0.05, 0.1) is 6.10 Å². The lowest BCUT2D eigenvalue weighted by Gasteiger charge is -2.26. The average molecular weight is 302 g/mol. The molecule has 2 atom stereocenters. The van der Waals surface area contributed by atoms with Gasteiger partial charge in [0.1, 0.15) is 5.82 Å². The van der Waals surface area contributed by atoms with E-state index in [1.807, 2.05) is 0 Å². The van der Waals surface area contributed by atoms with Gasteiger partial charge >= 0.3 is 0 Å². The summed E-state index contributed by atoms with van der Waals surface area (Å²) in [6.45, 7) is 1.62. The van der Waals surface area contributed by atoms with Crippen molar-refractivity contribution in [3.05, 3.63) is 35.6 Å². The highest BCUT2D eigenvalue weighted by molar-refractivity contribution is 8.76. The van der Waals surface area contributed by atoms with Crippen molar-refractivity contribution in [2.24, 2.45) is 0 Å². The lowest BCUT2D eigenvalue weighted by molar-refractivity contribution is 0.121. The summed E-state index contributed by atoms with van der Waals surface area (Å²) in [5, 5.41) is 13.0. The standard InChI is InChI=1S/C13H19FN2OS2/c14-11-3-1-10(2-4-11)8-16-19-18-9-12-7-13(17)5-6-15-12/h1-4,12-13,15-17H,5-9H2. The normalized spacial score (nSPS) is 23.5. The molecule has 1 aromatic carbocycles. The molecule has 19 heavy (non-hydrogen) atoms. The molecule has 1 heterocycles. The average Bonchev–Trinajstić information content (AvgIpc) is 2.41. The van der Waals surface area contributed by atoms with Gasteiger partial charge in [0.15, 0.2) is 0 Å². The zero-order valence-electron chi connectivity index (χ0n) is 10.6. The van der Waals surface area contributed by atoms with Gasteiger partial charge < -0.3 is 10.4 Å². The molecule has 0 aliphatic carbocycles. The molecular formula is C13H19FN2OS2. The molecule has 0 aromatic heterocycles. The molecule has 1 fully saturated rings. The molecular weight excluding hydrogens is 283 g/mol. The Morgan fingerprint density at radius 2 is 2.16 bits per heavy atom. The summed E-state index contributed by atoms with van der Waals surface area (Å²) >= 11 is 0. The van der Waals surface area contributed by atoms with Crippen LogP contribution in [0.5, 0.6) is 0 Å². The molecule has 2 rings (SSSR count). The van der Waals surface area contributed by atoms with Gasteiger partial charge in [0, 0.05) is 18.3 Å². The zero-order valence-corrected chi connectivity index (χ0v) is 12.3. The van der Waals surface area contributed by atoms with Crippen LogP contribution >= 0.6 is 21.8 Å². The summed E-state index contributed by atoms with van der Waals surface area (Å²) in [6.07, 6.45) is 1.55. The smallest absolute Gasteiger partial charge is 0.123 e. The maximum atomic E-state index is 12.7. The van der Waals surface area contributed by atoms with Crippen molar-refractivity contribution >= 4 is 21.8 Å². The minimum atomic E-state index is -0.201. The van der Waals surface area contributed by atoms with E-state index in [1.165, 1.54) is 12.1 Å². The molecule has 0 spiro atoms. The molecule has 3 nitrogen and oxygen atoms in total. The number of halogens is 1. The Balaban J connectivity index is 1.55. The van der Waals surface area contributed by atoms with E-state index < -0.39 is 0 Å². The minimum Gasteiger partial charge on any atom is -0.393 e.